The highest BCUT2D eigenvalue weighted by atomic mass is 15.3. The fraction of sp³-hybridized carbons (Fsp3) is 0.667. The molecule has 0 fully saturated rings. The van der Waals surface area contributed by atoms with Gasteiger partial charge in [0.15, 0.2) is 0 Å². The predicted molar refractivity (Wildman–Crippen MR) is 66.0 cm³/mol. The van der Waals surface area contributed by atoms with Gasteiger partial charge in [-0.2, -0.15) is 0 Å². The maximum absolute atomic E-state index is 4.09. The fourth-order valence-electron chi connectivity index (χ4n) is 1.60. The standard InChI is InChI=1S/C12H22N4/c1-5-7-10(3)11(4)13-8-12-15-14-9-16(12)6-2/h5,9-11,13H,1,6-8H2,2-4H3. The Morgan fingerprint density at radius 2 is 2.31 bits per heavy atom. The van der Waals surface area contributed by atoms with Crippen LogP contribution in [-0.4, -0.2) is 20.8 Å². The monoisotopic (exact) mass is 222 g/mol. The third-order valence-corrected chi connectivity index (χ3v) is 3.01. The van der Waals surface area contributed by atoms with Crippen LogP contribution >= 0.6 is 0 Å². The second-order valence-corrected chi connectivity index (χ2v) is 4.20. The molecule has 0 spiro atoms. The number of aromatic nitrogens is 3. The molecular formula is C12H22N4. The van der Waals surface area contributed by atoms with Crippen molar-refractivity contribution >= 4 is 0 Å². The zero-order chi connectivity index (χ0) is 12.0. The van der Waals surface area contributed by atoms with E-state index in [4.69, 9.17) is 0 Å². The van der Waals surface area contributed by atoms with Gasteiger partial charge < -0.3 is 9.88 Å². The van der Waals surface area contributed by atoms with Crippen LogP contribution in [0.4, 0.5) is 0 Å². The van der Waals surface area contributed by atoms with Gasteiger partial charge in [0.25, 0.3) is 0 Å². The van der Waals surface area contributed by atoms with Crippen molar-refractivity contribution in [3.8, 4) is 0 Å². The van der Waals surface area contributed by atoms with E-state index in [2.05, 4.69) is 47.4 Å². The molecule has 0 radical (unpaired) electrons. The molecule has 2 unspecified atom stereocenters. The molecule has 1 N–H and O–H groups in total. The molecule has 1 aromatic rings. The largest absolute Gasteiger partial charge is 0.317 e. The van der Waals surface area contributed by atoms with Crippen LogP contribution in [0.3, 0.4) is 0 Å². The summed E-state index contributed by atoms with van der Waals surface area (Å²) < 4.78 is 2.05. The fourth-order valence-corrected chi connectivity index (χ4v) is 1.60. The van der Waals surface area contributed by atoms with Crippen LogP contribution < -0.4 is 5.32 Å². The number of allylic oxidation sites excluding steroid dienone is 1. The number of rotatable bonds is 7. The van der Waals surface area contributed by atoms with Crippen molar-refractivity contribution in [1.29, 1.82) is 0 Å². The summed E-state index contributed by atoms with van der Waals surface area (Å²) in [7, 11) is 0. The number of nitrogens with zero attached hydrogens (tertiary/aromatic N) is 3. The first kappa shape index (κ1) is 12.9. The molecule has 0 saturated heterocycles. The van der Waals surface area contributed by atoms with Gasteiger partial charge in [-0.3, -0.25) is 0 Å². The van der Waals surface area contributed by atoms with E-state index in [0.717, 1.165) is 25.3 Å². The van der Waals surface area contributed by atoms with Crippen LogP contribution in [0.25, 0.3) is 0 Å². The molecule has 0 aliphatic carbocycles. The molecule has 0 saturated carbocycles. The molecule has 1 aromatic heterocycles. The van der Waals surface area contributed by atoms with E-state index in [1.165, 1.54) is 0 Å². The summed E-state index contributed by atoms with van der Waals surface area (Å²) in [5.74, 6) is 1.59. The van der Waals surface area contributed by atoms with E-state index < -0.39 is 0 Å². The SMILES string of the molecule is C=CCC(C)C(C)NCc1nncn1CC. The molecule has 1 rings (SSSR count). The normalized spacial score (nSPS) is 14.7. The lowest BCUT2D eigenvalue weighted by molar-refractivity contribution is 0.394. The van der Waals surface area contributed by atoms with Gasteiger partial charge in [0.1, 0.15) is 12.2 Å². The first-order valence-electron chi connectivity index (χ1n) is 5.90. The molecule has 16 heavy (non-hydrogen) atoms. The van der Waals surface area contributed by atoms with Crippen LogP contribution in [0.1, 0.15) is 33.0 Å². The van der Waals surface area contributed by atoms with Crippen LogP contribution in [0.2, 0.25) is 0 Å². The molecule has 1 heterocycles. The lowest BCUT2D eigenvalue weighted by Gasteiger charge is -2.19. The minimum atomic E-state index is 0.458. The lowest BCUT2D eigenvalue weighted by atomic mass is 10.00. The summed E-state index contributed by atoms with van der Waals surface area (Å²) >= 11 is 0. The Bertz CT molecular complexity index is 319. The molecule has 0 bridgehead atoms. The van der Waals surface area contributed by atoms with Crippen molar-refractivity contribution in [2.75, 3.05) is 0 Å². The molecule has 0 amide bonds. The van der Waals surface area contributed by atoms with Crippen molar-refractivity contribution in [3.63, 3.8) is 0 Å². The Morgan fingerprint density at radius 3 is 2.94 bits per heavy atom. The van der Waals surface area contributed by atoms with Crippen molar-refractivity contribution < 1.29 is 0 Å². The molecule has 0 aliphatic rings. The van der Waals surface area contributed by atoms with Gasteiger partial charge in [-0.15, -0.1) is 16.8 Å². The van der Waals surface area contributed by atoms with E-state index >= 15 is 0 Å². The van der Waals surface area contributed by atoms with Gasteiger partial charge in [-0.25, -0.2) is 0 Å². The topological polar surface area (TPSA) is 42.7 Å². The van der Waals surface area contributed by atoms with E-state index in [-0.39, 0.29) is 0 Å². The molecule has 2 atom stereocenters. The van der Waals surface area contributed by atoms with Gasteiger partial charge in [-0.05, 0) is 26.2 Å². The number of hydrogen-bond donors (Lipinski definition) is 1. The zero-order valence-electron chi connectivity index (χ0n) is 10.5. The Morgan fingerprint density at radius 1 is 1.56 bits per heavy atom. The second kappa shape index (κ2) is 6.43. The van der Waals surface area contributed by atoms with E-state index in [1.54, 1.807) is 6.33 Å². The average Bonchev–Trinajstić information content (AvgIpc) is 2.73. The molecule has 4 nitrogen and oxygen atoms in total. The smallest absolute Gasteiger partial charge is 0.146 e. The van der Waals surface area contributed by atoms with Crippen LogP contribution in [0.15, 0.2) is 19.0 Å². The van der Waals surface area contributed by atoms with Crippen molar-refractivity contribution in [2.24, 2.45) is 5.92 Å². The zero-order valence-corrected chi connectivity index (χ0v) is 10.5. The summed E-state index contributed by atoms with van der Waals surface area (Å²) in [5.41, 5.74) is 0. The number of aryl methyl sites for hydroxylation is 1. The molecule has 0 aromatic carbocycles. The van der Waals surface area contributed by atoms with Crippen LogP contribution in [-0.2, 0) is 13.1 Å². The average molecular weight is 222 g/mol. The quantitative estimate of drug-likeness (QED) is 0.717. The third kappa shape index (κ3) is 3.45. The summed E-state index contributed by atoms with van der Waals surface area (Å²) in [5, 5.41) is 11.5. The molecule has 4 heteroatoms. The van der Waals surface area contributed by atoms with Gasteiger partial charge in [0.2, 0.25) is 0 Å². The van der Waals surface area contributed by atoms with Crippen LogP contribution in [0.5, 0.6) is 0 Å². The molecular weight excluding hydrogens is 200 g/mol. The third-order valence-electron chi connectivity index (χ3n) is 3.01. The number of hydrogen-bond acceptors (Lipinski definition) is 3. The first-order chi connectivity index (χ1) is 7.69. The molecule has 90 valence electrons. The maximum Gasteiger partial charge on any atom is 0.146 e. The van der Waals surface area contributed by atoms with Crippen molar-refractivity contribution in [2.45, 2.75) is 46.3 Å². The summed E-state index contributed by atoms with van der Waals surface area (Å²) in [4.78, 5) is 0. The summed E-state index contributed by atoms with van der Waals surface area (Å²) in [6.45, 7) is 12.0. The van der Waals surface area contributed by atoms with Gasteiger partial charge in [0, 0.05) is 12.6 Å². The summed E-state index contributed by atoms with van der Waals surface area (Å²) in [6.07, 6.45) is 4.78. The molecule has 0 aliphatic heterocycles. The highest BCUT2D eigenvalue weighted by molar-refractivity contribution is 4.86. The Balaban J connectivity index is 2.42. The second-order valence-electron chi connectivity index (χ2n) is 4.20. The minimum absolute atomic E-state index is 0.458. The van der Waals surface area contributed by atoms with E-state index in [1.807, 2.05) is 6.08 Å². The minimum Gasteiger partial charge on any atom is -0.317 e. The highest BCUT2D eigenvalue weighted by Gasteiger charge is 2.11. The Labute approximate surface area is 97.8 Å². The summed E-state index contributed by atoms with van der Waals surface area (Å²) in [6, 6.07) is 0.458. The predicted octanol–water partition coefficient (Wildman–Crippen LogP) is 1.99. The van der Waals surface area contributed by atoms with Gasteiger partial charge >= 0.3 is 0 Å². The number of nitrogens with one attached hydrogen (secondary N) is 1. The first-order valence-corrected chi connectivity index (χ1v) is 5.90. The van der Waals surface area contributed by atoms with Crippen molar-refractivity contribution in [3.05, 3.63) is 24.8 Å². The van der Waals surface area contributed by atoms with Crippen LogP contribution in [0, 0.1) is 5.92 Å². The Hall–Kier alpha value is -1.16. The van der Waals surface area contributed by atoms with Gasteiger partial charge in [-0.1, -0.05) is 13.0 Å². The van der Waals surface area contributed by atoms with Gasteiger partial charge in [0.05, 0.1) is 6.54 Å². The van der Waals surface area contributed by atoms with E-state index in [0.29, 0.717) is 12.0 Å². The van der Waals surface area contributed by atoms with Crippen molar-refractivity contribution in [1.82, 2.24) is 20.1 Å². The van der Waals surface area contributed by atoms with E-state index in [9.17, 15) is 0 Å². The Kier molecular flexibility index (Phi) is 5.19. The maximum atomic E-state index is 4.09. The lowest BCUT2D eigenvalue weighted by Crippen LogP contribution is -2.32. The highest BCUT2D eigenvalue weighted by Crippen LogP contribution is 2.08.